The first-order valence-corrected chi connectivity index (χ1v) is 8.52. The van der Waals surface area contributed by atoms with E-state index in [-0.39, 0.29) is 24.8 Å². The van der Waals surface area contributed by atoms with E-state index in [1.807, 2.05) is 42.4 Å². The molecule has 1 aromatic heterocycles. The summed E-state index contributed by atoms with van der Waals surface area (Å²) >= 11 is 0. The Morgan fingerprint density at radius 3 is 2.84 bits per heavy atom. The summed E-state index contributed by atoms with van der Waals surface area (Å²) in [5.41, 5.74) is 1.97. The molecule has 0 radical (unpaired) electrons. The van der Waals surface area contributed by atoms with E-state index in [2.05, 4.69) is 5.10 Å². The maximum atomic E-state index is 13.9. The van der Waals surface area contributed by atoms with Crippen LogP contribution in [0.4, 0.5) is 4.48 Å². The van der Waals surface area contributed by atoms with Crippen LogP contribution in [0.25, 0.3) is 11.1 Å². The Morgan fingerprint density at radius 1 is 1.32 bits per heavy atom. The van der Waals surface area contributed by atoms with E-state index in [0.717, 1.165) is 37.1 Å². The average molecular weight is 346 g/mol. The Morgan fingerprint density at radius 2 is 2.12 bits per heavy atom. The quantitative estimate of drug-likeness (QED) is 0.722. The van der Waals surface area contributed by atoms with Crippen molar-refractivity contribution in [3.8, 4) is 16.9 Å². The number of ether oxygens (including phenoxy) is 1. The van der Waals surface area contributed by atoms with Crippen LogP contribution < -0.4 is 4.74 Å². The zero-order chi connectivity index (χ0) is 17.6. The van der Waals surface area contributed by atoms with Crippen molar-refractivity contribution in [2.75, 3.05) is 32.8 Å². The van der Waals surface area contributed by atoms with Crippen LogP contribution in [0, 0.1) is 0 Å². The monoisotopic (exact) mass is 346 g/mol. The van der Waals surface area contributed by atoms with Crippen LogP contribution >= 0.6 is 0 Å². The molecule has 3 rings (SSSR count). The van der Waals surface area contributed by atoms with E-state index < -0.39 is 5.91 Å². The predicted molar refractivity (Wildman–Crippen MR) is 92.6 cm³/mol. The second kappa shape index (κ2) is 8.11. The number of carbonyl (C=O) groups excluding carboxylic acids is 1. The van der Waals surface area contributed by atoms with Crippen molar-refractivity contribution in [3.63, 3.8) is 0 Å². The van der Waals surface area contributed by atoms with Gasteiger partial charge in [0.05, 0.1) is 19.3 Å². The molecule has 2 aromatic rings. The van der Waals surface area contributed by atoms with E-state index in [0.29, 0.717) is 5.75 Å². The number of carbonyl (C=O) groups is 1. The minimum Gasteiger partial charge on any atom is -0.492 e. The van der Waals surface area contributed by atoms with E-state index in [1.54, 1.807) is 10.9 Å². The SMILES string of the molecule is Cn1cc(-c2cccc(OCCN(F)C(=O)CN3CCCC3)c2)cn1. The lowest BCUT2D eigenvalue weighted by atomic mass is 10.1. The Bertz CT molecular complexity index is 713. The van der Waals surface area contributed by atoms with E-state index in [4.69, 9.17) is 4.74 Å². The third kappa shape index (κ3) is 4.79. The summed E-state index contributed by atoms with van der Waals surface area (Å²) in [4.78, 5) is 13.8. The molecular formula is C18H23FN4O2. The Hall–Kier alpha value is -2.41. The van der Waals surface area contributed by atoms with Crippen LogP contribution in [0.2, 0.25) is 0 Å². The standard InChI is InChI=1S/C18H23FN4O2/c1-21-13-16(12-20-21)15-5-4-6-17(11-15)25-10-9-23(19)18(24)14-22-7-2-3-8-22/h4-6,11-13H,2-3,7-10,14H2,1H3. The first-order chi connectivity index (χ1) is 12.1. The van der Waals surface area contributed by atoms with Crippen molar-refractivity contribution < 1.29 is 14.0 Å². The van der Waals surface area contributed by atoms with Gasteiger partial charge >= 0.3 is 0 Å². The van der Waals surface area contributed by atoms with Gasteiger partial charge in [-0.2, -0.15) is 10.2 Å². The first-order valence-electron chi connectivity index (χ1n) is 8.52. The Labute approximate surface area is 146 Å². The zero-order valence-electron chi connectivity index (χ0n) is 14.4. The van der Waals surface area contributed by atoms with Crippen molar-refractivity contribution in [1.82, 2.24) is 19.8 Å². The molecule has 7 heteroatoms. The number of nitrogens with zero attached hydrogens (tertiary/aromatic N) is 4. The van der Waals surface area contributed by atoms with Crippen LogP contribution in [0.3, 0.4) is 0 Å². The highest BCUT2D eigenvalue weighted by atomic mass is 19.2. The van der Waals surface area contributed by atoms with Crippen molar-refractivity contribution >= 4 is 5.91 Å². The molecule has 0 saturated carbocycles. The number of rotatable bonds is 7. The highest BCUT2D eigenvalue weighted by Crippen LogP contribution is 2.23. The second-order valence-corrected chi connectivity index (χ2v) is 6.24. The molecule has 1 saturated heterocycles. The fourth-order valence-electron chi connectivity index (χ4n) is 2.91. The van der Waals surface area contributed by atoms with E-state index in [1.165, 1.54) is 0 Å². The molecule has 1 aliphatic heterocycles. The number of hydrogen-bond acceptors (Lipinski definition) is 4. The lowest BCUT2D eigenvalue weighted by Crippen LogP contribution is -2.36. The molecule has 25 heavy (non-hydrogen) atoms. The molecule has 0 bridgehead atoms. The van der Waals surface area contributed by atoms with Gasteiger partial charge in [0.15, 0.2) is 0 Å². The summed E-state index contributed by atoms with van der Waals surface area (Å²) in [6.45, 7) is 1.92. The van der Waals surface area contributed by atoms with Crippen LogP contribution in [0.5, 0.6) is 5.75 Å². The number of benzene rings is 1. The number of amides is 1. The molecule has 1 amide bonds. The molecule has 6 nitrogen and oxygen atoms in total. The van der Waals surface area contributed by atoms with Crippen molar-refractivity contribution in [3.05, 3.63) is 36.7 Å². The highest BCUT2D eigenvalue weighted by molar-refractivity contribution is 5.77. The lowest BCUT2D eigenvalue weighted by Gasteiger charge is -2.17. The third-order valence-electron chi connectivity index (χ3n) is 4.26. The molecule has 0 unspecified atom stereocenters. The van der Waals surface area contributed by atoms with Gasteiger partial charge in [-0.1, -0.05) is 16.6 Å². The molecule has 2 heterocycles. The summed E-state index contributed by atoms with van der Waals surface area (Å²) < 4.78 is 21.2. The van der Waals surface area contributed by atoms with E-state index >= 15 is 0 Å². The topological polar surface area (TPSA) is 50.6 Å². The minimum absolute atomic E-state index is 0.0796. The third-order valence-corrected chi connectivity index (χ3v) is 4.26. The molecule has 1 aliphatic rings. The van der Waals surface area contributed by atoms with Crippen LogP contribution in [0.15, 0.2) is 36.7 Å². The predicted octanol–water partition coefficient (Wildman–Crippen LogP) is 2.27. The van der Waals surface area contributed by atoms with Gasteiger partial charge < -0.3 is 4.74 Å². The molecule has 0 N–H and O–H groups in total. The summed E-state index contributed by atoms with van der Waals surface area (Å²) in [7, 11) is 1.86. The molecule has 0 atom stereocenters. The van der Waals surface area contributed by atoms with Gasteiger partial charge in [-0.3, -0.25) is 14.4 Å². The van der Waals surface area contributed by atoms with Crippen LogP contribution in [-0.4, -0.2) is 58.5 Å². The first kappa shape index (κ1) is 17.4. The van der Waals surface area contributed by atoms with Gasteiger partial charge in [-0.15, -0.1) is 0 Å². The van der Waals surface area contributed by atoms with Crippen LogP contribution in [-0.2, 0) is 11.8 Å². The largest absolute Gasteiger partial charge is 0.492 e. The zero-order valence-corrected chi connectivity index (χ0v) is 14.4. The molecule has 1 aromatic carbocycles. The molecule has 0 aliphatic carbocycles. The number of aryl methyl sites for hydroxylation is 1. The van der Waals surface area contributed by atoms with Crippen LogP contribution in [0.1, 0.15) is 12.8 Å². The molecule has 134 valence electrons. The smallest absolute Gasteiger partial charge is 0.264 e. The summed E-state index contributed by atoms with van der Waals surface area (Å²) in [6.07, 6.45) is 5.85. The second-order valence-electron chi connectivity index (χ2n) is 6.24. The maximum absolute atomic E-state index is 13.9. The average Bonchev–Trinajstić information content (AvgIpc) is 3.26. The van der Waals surface area contributed by atoms with Crippen molar-refractivity contribution in [1.29, 1.82) is 0 Å². The highest BCUT2D eigenvalue weighted by Gasteiger charge is 2.19. The Kier molecular flexibility index (Phi) is 5.65. The minimum atomic E-state index is -0.505. The van der Waals surface area contributed by atoms with Crippen molar-refractivity contribution in [2.24, 2.45) is 7.05 Å². The van der Waals surface area contributed by atoms with Crippen molar-refractivity contribution in [2.45, 2.75) is 12.8 Å². The lowest BCUT2D eigenvalue weighted by molar-refractivity contribution is -0.148. The fraction of sp³-hybridized carbons (Fsp3) is 0.444. The van der Waals surface area contributed by atoms with Gasteiger partial charge in [-0.05, 0) is 43.6 Å². The maximum Gasteiger partial charge on any atom is 0.264 e. The van der Waals surface area contributed by atoms with Gasteiger partial charge in [0.2, 0.25) is 0 Å². The number of aromatic nitrogens is 2. The van der Waals surface area contributed by atoms with Gasteiger partial charge in [0.25, 0.3) is 5.91 Å². The summed E-state index contributed by atoms with van der Waals surface area (Å²) in [6, 6.07) is 7.54. The number of likely N-dealkylation sites (tertiary alicyclic amines) is 1. The van der Waals surface area contributed by atoms with Gasteiger partial charge in [0.1, 0.15) is 12.4 Å². The molecule has 0 spiro atoms. The normalized spacial score (nSPS) is 14.6. The molecule has 1 fully saturated rings. The number of hydrogen-bond donors (Lipinski definition) is 0. The van der Waals surface area contributed by atoms with Gasteiger partial charge in [0, 0.05) is 18.8 Å². The Balaban J connectivity index is 1.47. The number of halogens is 1. The fourth-order valence-corrected chi connectivity index (χ4v) is 2.91. The summed E-state index contributed by atoms with van der Waals surface area (Å²) in [5, 5.41) is 4.40. The summed E-state index contributed by atoms with van der Waals surface area (Å²) in [5.74, 6) is 0.136. The van der Waals surface area contributed by atoms with Gasteiger partial charge in [-0.25, -0.2) is 0 Å². The molecular weight excluding hydrogens is 323 g/mol. The van der Waals surface area contributed by atoms with E-state index in [9.17, 15) is 9.28 Å².